The molecule has 3 aromatic rings. The zero-order chi connectivity index (χ0) is 12.9. The van der Waals surface area contributed by atoms with Crippen LogP contribution in [0.15, 0.2) is 65.7 Å². The van der Waals surface area contributed by atoms with Gasteiger partial charge in [0.05, 0.1) is 0 Å². The minimum Gasteiger partial charge on any atom is -0.226 e. The van der Waals surface area contributed by atoms with Crippen molar-refractivity contribution in [1.29, 1.82) is 0 Å². The molecule has 3 nitrogen and oxygen atoms in total. The average Bonchev–Trinajstić information content (AvgIpc) is 2.96. The second-order valence-corrected chi connectivity index (χ2v) is 4.88. The molecule has 4 heteroatoms. The molecular formula is C15H11N3S. The highest BCUT2D eigenvalue weighted by atomic mass is 32.1. The molecule has 0 fully saturated rings. The summed E-state index contributed by atoms with van der Waals surface area (Å²) in [6.07, 6.45) is 1.80. The third kappa shape index (κ3) is 2.92. The highest BCUT2D eigenvalue weighted by Crippen LogP contribution is 2.27. The summed E-state index contributed by atoms with van der Waals surface area (Å²) in [6, 6.07) is 20.0. The minimum absolute atomic E-state index is 0.669. The van der Waals surface area contributed by atoms with Crippen LogP contribution in [0.4, 0.5) is 5.13 Å². The van der Waals surface area contributed by atoms with Crippen LogP contribution in [-0.2, 0) is 0 Å². The molecule has 1 heterocycles. The quantitative estimate of drug-likeness (QED) is 0.672. The van der Waals surface area contributed by atoms with E-state index in [9.17, 15) is 0 Å². The van der Waals surface area contributed by atoms with Crippen molar-refractivity contribution in [3.05, 3.63) is 66.2 Å². The Hall–Kier alpha value is -2.33. The van der Waals surface area contributed by atoms with Gasteiger partial charge in [-0.05, 0) is 5.56 Å². The molecule has 92 valence electrons. The molecule has 3 rings (SSSR count). The Morgan fingerprint density at radius 2 is 1.53 bits per heavy atom. The van der Waals surface area contributed by atoms with Gasteiger partial charge in [-0.2, -0.15) is 0 Å². The lowest BCUT2D eigenvalue weighted by Gasteiger charge is -1.91. The maximum absolute atomic E-state index is 4.34. The van der Waals surface area contributed by atoms with Gasteiger partial charge in [0, 0.05) is 11.8 Å². The van der Waals surface area contributed by atoms with Crippen LogP contribution in [0, 0.1) is 0 Å². The molecule has 0 bridgehead atoms. The molecule has 0 saturated carbocycles. The summed E-state index contributed by atoms with van der Waals surface area (Å²) in [5.41, 5.74) is 2.13. The van der Waals surface area contributed by atoms with Crippen molar-refractivity contribution in [2.45, 2.75) is 0 Å². The van der Waals surface area contributed by atoms with E-state index < -0.39 is 0 Å². The monoisotopic (exact) mass is 265 g/mol. The number of hydrogen-bond acceptors (Lipinski definition) is 4. The van der Waals surface area contributed by atoms with E-state index >= 15 is 0 Å². The average molecular weight is 265 g/mol. The Morgan fingerprint density at radius 3 is 2.26 bits per heavy atom. The van der Waals surface area contributed by atoms with Gasteiger partial charge < -0.3 is 0 Å². The molecule has 0 aliphatic heterocycles. The first-order chi connectivity index (χ1) is 9.42. The van der Waals surface area contributed by atoms with Gasteiger partial charge in [-0.15, -0.1) is 10.2 Å². The Balaban J connectivity index is 1.81. The smallest absolute Gasteiger partial charge is 0.226 e. The first-order valence-electron chi connectivity index (χ1n) is 5.90. The summed E-state index contributed by atoms with van der Waals surface area (Å²) in [6.45, 7) is 0. The Kier molecular flexibility index (Phi) is 3.42. The van der Waals surface area contributed by atoms with Gasteiger partial charge in [-0.25, -0.2) is 4.99 Å². The first kappa shape index (κ1) is 11.7. The summed E-state index contributed by atoms with van der Waals surface area (Å²) >= 11 is 1.49. The van der Waals surface area contributed by atoms with E-state index in [0.29, 0.717) is 5.13 Å². The summed E-state index contributed by atoms with van der Waals surface area (Å²) in [7, 11) is 0. The van der Waals surface area contributed by atoms with Crippen LogP contribution in [0.3, 0.4) is 0 Å². The fourth-order valence-electron chi connectivity index (χ4n) is 1.63. The summed E-state index contributed by atoms with van der Waals surface area (Å²) in [5, 5.41) is 9.79. The number of nitrogens with zero attached hydrogens (tertiary/aromatic N) is 3. The molecule has 0 aliphatic rings. The standard InChI is InChI=1S/C15H11N3S/c1-3-7-12(8-4-1)11-16-15-18-17-14(19-15)13-9-5-2-6-10-13/h1-11H/b16-11-. The van der Waals surface area contributed by atoms with Crippen molar-refractivity contribution in [2.75, 3.05) is 0 Å². The predicted molar refractivity (Wildman–Crippen MR) is 79.0 cm³/mol. The van der Waals surface area contributed by atoms with Gasteiger partial charge in [-0.1, -0.05) is 72.0 Å². The second kappa shape index (κ2) is 5.54. The summed E-state index contributed by atoms with van der Waals surface area (Å²) < 4.78 is 0. The molecule has 0 aliphatic carbocycles. The van der Waals surface area contributed by atoms with E-state index in [2.05, 4.69) is 15.2 Å². The molecule has 0 atom stereocenters. The van der Waals surface area contributed by atoms with Gasteiger partial charge in [0.25, 0.3) is 0 Å². The molecule has 0 radical (unpaired) electrons. The van der Waals surface area contributed by atoms with E-state index in [1.807, 2.05) is 60.7 Å². The van der Waals surface area contributed by atoms with Gasteiger partial charge in [0.2, 0.25) is 5.13 Å². The molecule has 0 N–H and O–H groups in total. The third-order valence-corrected chi connectivity index (χ3v) is 3.44. The van der Waals surface area contributed by atoms with Crippen LogP contribution in [-0.4, -0.2) is 16.4 Å². The molecule has 0 saturated heterocycles. The van der Waals surface area contributed by atoms with Crippen LogP contribution >= 0.6 is 11.3 Å². The fraction of sp³-hybridized carbons (Fsp3) is 0. The van der Waals surface area contributed by atoms with Crippen LogP contribution in [0.25, 0.3) is 10.6 Å². The Morgan fingerprint density at radius 1 is 0.842 bits per heavy atom. The first-order valence-corrected chi connectivity index (χ1v) is 6.71. The number of benzene rings is 2. The molecule has 19 heavy (non-hydrogen) atoms. The van der Waals surface area contributed by atoms with Crippen LogP contribution < -0.4 is 0 Å². The lowest BCUT2D eigenvalue weighted by atomic mass is 10.2. The molecule has 0 amide bonds. The molecule has 0 unspecified atom stereocenters. The van der Waals surface area contributed by atoms with Crippen LogP contribution in [0.2, 0.25) is 0 Å². The maximum atomic E-state index is 4.34. The van der Waals surface area contributed by atoms with Gasteiger partial charge >= 0.3 is 0 Å². The van der Waals surface area contributed by atoms with Crippen molar-refractivity contribution in [3.8, 4) is 10.6 Å². The molecule has 2 aromatic carbocycles. The Labute approximate surface area is 115 Å². The number of rotatable bonds is 3. The number of hydrogen-bond donors (Lipinski definition) is 0. The van der Waals surface area contributed by atoms with Crippen LogP contribution in [0.5, 0.6) is 0 Å². The van der Waals surface area contributed by atoms with E-state index in [-0.39, 0.29) is 0 Å². The Bertz CT molecular complexity index is 675. The lowest BCUT2D eigenvalue weighted by molar-refractivity contribution is 1.09. The molecular weight excluding hydrogens is 254 g/mol. The zero-order valence-electron chi connectivity index (χ0n) is 10.1. The topological polar surface area (TPSA) is 38.1 Å². The maximum Gasteiger partial charge on any atom is 0.231 e. The second-order valence-electron chi connectivity index (χ2n) is 3.92. The van der Waals surface area contributed by atoms with E-state index in [1.165, 1.54) is 11.3 Å². The SMILES string of the molecule is C(=N/c1nnc(-c2ccccc2)s1)/c1ccccc1. The van der Waals surface area contributed by atoms with E-state index in [4.69, 9.17) is 0 Å². The van der Waals surface area contributed by atoms with Crippen molar-refractivity contribution < 1.29 is 0 Å². The van der Waals surface area contributed by atoms with E-state index in [0.717, 1.165) is 16.1 Å². The highest BCUT2D eigenvalue weighted by molar-refractivity contribution is 7.18. The van der Waals surface area contributed by atoms with E-state index in [1.54, 1.807) is 6.21 Å². The van der Waals surface area contributed by atoms with Gasteiger partial charge in [0.15, 0.2) is 0 Å². The van der Waals surface area contributed by atoms with Gasteiger partial charge in [0.1, 0.15) is 5.01 Å². The molecule has 0 spiro atoms. The normalized spacial score (nSPS) is 10.9. The van der Waals surface area contributed by atoms with Crippen molar-refractivity contribution in [2.24, 2.45) is 4.99 Å². The number of aliphatic imine (C=N–C) groups is 1. The zero-order valence-corrected chi connectivity index (χ0v) is 10.9. The fourth-order valence-corrected chi connectivity index (χ4v) is 2.33. The van der Waals surface area contributed by atoms with Crippen molar-refractivity contribution in [1.82, 2.24) is 10.2 Å². The minimum atomic E-state index is 0.669. The third-order valence-electron chi connectivity index (χ3n) is 2.56. The lowest BCUT2D eigenvalue weighted by Crippen LogP contribution is -1.77. The summed E-state index contributed by atoms with van der Waals surface area (Å²) in [4.78, 5) is 4.34. The molecule has 1 aromatic heterocycles. The van der Waals surface area contributed by atoms with Crippen LogP contribution in [0.1, 0.15) is 5.56 Å². The van der Waals surface area contributed by atoms with Gasteiger partial charge in [-0.3, -0.25) is 0 Å². The highest BCUT2D eigenvalue weighted by Gasteiger charge is 2.04. The largest absolute Gasteiger partial charge is 0.231 e. The predicted octanol–water partition coefficient (Wildman–Crippen LogP) is 3.96. The van der Waals surface area contributed by atoms with Crippen molar-refractivity contribution >= 4 is 22.7 Å². The summed E-state index contributed by atoms with van der Waals surface area (Å²) in [5.74, 6) is 0. The van der Waals surface area contributed by atoms with Crippen molar-refractivity contribution in [3.63, 3.8) is 0 Å². The number of aromatic nitrogens is 2.